The fourth-order valence-corrected chi connectivity index (χ4v) is 2.21. The molecule has 1 saturated heterocycles. The molecule has 4 nitrogen and oxygen atoms in total. The summed E-state index contributed by atoms with van der Waals surface area (Å²) < 4.78 is 0. The molecule has 0 amide bonds. The summed E-state index contributed by atoms with van der Waals surface area (Å²) in [5, 5.41) is 15.8. The summed E-state index contributed by atoms with van der Waals surface area (Å²) in [6, 6.07) is 5.75. The van der Waals surface area contributed by atoms with Crippen molar-refractivity contribution < 1.29 is 9.90 Å². The summed E-state index contributed by atoms with van der Waals surface area (Å²) in [7, 11) is 0. The molecule has 17 heavy (non-hydrogen) atoms. The van der Waals surface area contributed by atoms with Crippen molar-refractivity contribution in [2.24, 2.45) is 0 Å². The van der Waals surface area contributed by atoms with Gasteiger partial charge < -0.3 is 15.7 Å². The van der Waals surface area contributed by atoms with E-state index in [-0.39, 0.29) is 0 Å². The van der Waals surface area contributed by atoms with E-state index in [1.807, 2.05) is 13.0 Å². The average Bonchev–Trinajstić information content (AvgIpc) is 2.33. The Kier molecular flexibility index (Phi) is 3.64. The van der Waals surface area contributed by atoms with Gasteiger partial charge in [0.15, 0.2) is 0 Å². The van der Waals surface area contributed by atoms with Gasteiger partial charge in [0.25, 0.3) is 0 Å². The lowest BCUT2D eigenvalue weighted by molar-refractivity contribution is 0.0698. The monoisotopic (exact) mass is 234 g/mol. The first kappa shape index (κ1) is 11.9. The Morgan fingerprint density at radius 2 is 2.12 bits per heavy atom. The van der Waals surface area contributed by atoms with Gasteiger partial charge >= 0.3 is 5.97 Å². The van der Waals surface area contributed by atoms with E-state index in [2.05, 4.69) is 10.6 Å². The molecule has 0 radical (unpaired) electrons. The van der Waals surface area contributed by atoms with E-state index in [4.69, 9.17) is 5.11 Å². The molecule has 2 rings (SSSR count). The molecular weight excluding hydrogens is 216 g/mol. The van der Waals surface area contributed by atoms with Crippen LogP contribution in [-0.2, 0) is 0 Å². The van der Waals surface area contributed by atoms with Crippen LogP contribution in [0.5, 0.6) is 0 Å². The van der Waals surface area contributed by atoms with Crippen LogP contribution in [0, 0.1) is 6.92 Å². The van der Waals surface area contributed by atoms with Crippen LogP contribution < -0.4 is 10.6 Å². The third-order valence-corrected chi connectivity index (χ3v) is 3.19. The Balaban J connectivity index is 2.21. The van der Waals surface area contributed by atoms with E-state index < -0.39 is 5.97 Å². The number of hydrogen-bond acceptors (Lipinski definition) is 3. The van der Waals surface area contributed by atoms with Crippen molar-refractivity contribution in [3.8, 4) is 0 Å². The van der Waals surface area contributed by atoms with Gasteiger partial charge in [-0.3, -0.25) is 0 Å². The number of carboxylic acid groups (broad SMARTS) is 1. The quantitative estimate of drug-likeness (QED) is 0.747. The Bertz CT molecular complexity index is 412. The molecule has 4 heteroatoms. The SMILES string of the molecule is Cc1cccc(C(=O)O)c1NC1CCNCC1. The number of carboxylic acids is 1. The lowest BCUT2D eigenvalue weighted by atomic mass is 10.0. The van der Waals surface area contributed by atoms with Crippen molar-refractivity contribution in [3.63, 3.8) is 0 Å². The molecule has 3 N–H and O–H groups in total. The predicted octanol–water partition coefficient (Wildman–Crippen LogP) is 1.86. The molecule has 0 aliphatic carbocycles. The number of aryl methyl sites for hydroxylation is 1. The molecule has 1 aromatic rings. The fraction of sp³-hybridized carbons (Fsp3) is 0.462. The molecule has 0 saturated carbocycles. The lowest BCUT2D eigenvalue weighted by Crippen LogP contribution is -2.35. The molecule has 1 aliphatic heterocycles. The van der Waals surface area contributed by atoms with Gasteiger partial charge in [0.1, 0.15) is 0 Å². The number of para-hydroxylation sites is 1. The summed E-state index contributed by atoms with van der Waals surface area (Å²) in [6.45, 7) is 3.92. The van der Waals surface area contributed by atoms with Gasteiger partial charge in [-0.15, -0.1) is 0 Å². The third-order valence-electron chi connectivity index (χ3n) is 3.19. The molecule has 0 atom stereocenters. The zero-order valence-corrected chi connectivity index (χ0v) is 9.99. The number of rotatable bonds is 3. The van der Waals surface area contributed by atoms with Crippen LogP contribution in [0.4, 0.5) is 5.69 Å². The Morgan fingerprint density at radius 3 is 2.76 bits per heavy atom. The Hall–Kier alpha value is -1.55. The van der Waals surface area contributed by atoms with Gasteiger partial charge in [-0.05, 0) is 44.5 Å². The smallest absolute Gasteiger partial charge is 0.337 e. The highest BCUT2D eigenvalue weighted by Crippen LogP contribution is 2.23. The second-order valence-electron chi connectivity index (χ2n) is 4.47. The third kappa shape index (κ3) is 2.77. The number of nitrogens with one attached hydrogen (secondary N) is 2. The number of piperidine rings is 1. The first-order valence-corrected chi connectivity index (χ1v) is 5.98. The predicted molar refractivity (Wildman–Crippen MR) is 67.7 cm³/mol. The highest BCUT2D eigenvalue weighted by molar-refractivity contribution is 5.95. The number of aromatic carboxylic acids is 1. The van der Waals surface area contributed by atoms with Gasteiger partial charge in [0.2, 0.25) is 0 Å². The molecule has 0 spiro atoms. The Labute approximate surface area is 101 Å². The minimum atomic E-state index is -0.870. The van der Waals surface area contributed by atoms with Gasteiger partial charge in [0.05, 0.1) is 11.3 Å². The average molecular weight is 234 g/mol. The second kappa shape index (κ2) is 5.19. The van der Waals surface area contributed by atoms with E-state index >= 15 is 0 Å². The van der Waals surface area contributed by atoms with Crippen molar-refractivity contribution in [2.45, 2.75) is 25.8 Å². The van der Waals surface area contributed by atoms with Crippen LogP contribution in [0.3, 0.4) is 0 Å². The maximum Gasteiger partial charge on any atom is 0.337 e. The number of carbonyl (C=O) groups is 1. The molecule has 1 aromatic carbocycles. The van der Waals surface area contributed by atoms with Crippen molar-refractivity contribution in [1.29, 1.82) is 0 Å². The first-order chi connectivity index (χ1) is 8.18. The lowest BCUT2D eigenvalue weighted by Gasteiger charge is -2.26. The van der Waals surface area contributed by atoms with Gasteiger partial charge in [-0.2, -0.15) is 0 Å². The molecule has 0 aromatic heterocycles. The molecule has 92 valence electrons. The number of benzene rings is 1. The summed E-state index contributed by atoms with van der Waals surface area (Å²) in [5.41, 5.74) is 2.12. The standard InChI is InChI=1S/C13H18N2O2/c1-9-3-2-4-11(13(16)17)12(9)15-10-5-7-14-8-6-10/h2-4,10,14-15H,5-8H2,1H3,(H,16,17). The largest absolute Gasteiger partial charge is 0.478 e. The normalized spacial score (nSPS) is 16.8. The molecular formula is C13H18N2O2. The van der Waals surface area contributed by atoms with Crippen LogP contribution in [-0.4, -0.2) is 30.2 Å². The van der Waals surface area contributed by atoms with E-state index in [1.54, 1.807) is 12.1 Å². The molecule has 1 aliphatic rings. The van der Waals surface area contributed by atoms with E-state index in [1.165, 1.54) is 0 Å². The van der Waals surface area contributed by atoms with Crippen molar-refractivity contribution in [2.75, 3.05) is 18.4 Å². The van der Waals surface area contributed by atoms with Gasteiger partial charge in [0, 0.05) is 6.04 Å². The maximum atomic E-state index is 11.2. The molecule has 0 unspecified atom stereocenters. The summed E-state index contributed by atoms with van der Waals surface area (Å²) in [5.74, 6) is -0.870. The van der Waals surface area contributed by atoms with Crippen molar-refractivity contribution in [1.82, 2.24) is 5.32 Å². The molecule has 1 fully saturated rings. The summed E-state index contributed by atoms with van der Waals surface area (Å²) in [4.78, 5) is 11.2. The topological polar surface area (TPSA) is 61.4 Å². The van der Waals surface area contributed by atoms with E-state index in [0.29, 0.717) is 11.6 Å². The first-order valence-electron chi connectivity index (χ1n) is 5.98. The minimum absolute atomic E-state index is 0.364. The summed E-state index contributed by atoms with van der Waals surface area (Å²) >= 11 is 0. The zero-order valence-electron chi connectivity index (χ0n) is 9.99. The van der Waals surface area contributed by atoms with E-state index in [9.17, 15) is 4.79 Å². The molecule has 0 bridgehead atoms. The van der Waals surface area contributed by atoms with Crippen molar-refractivity contribution in [3.05, 3.63) is 29.3 Å². The maximum absolute atomic E-state index is 11.2. The van der Waals surface area contributed by atoms with Gasteiger partial charge in [-0.1, -0.05) is 12.1 Å². The number of anilines is 1. The van der Waals surface area contributed by atoms with Crippen molar-refractivity contribution >= 4 is 11.7 Å². The highest BCUT2D eigenvalue weighted by Gasteiger charge is 2.17. The highest BCUT2D eigenvalue weighted by atomic mass is 16.4. The van der Waals surface area contributed by atoms with Crippen LogP contribution in [0.1, 0.15) is 28.8 Å². The number of hydrogen-bond donors (Lipinski definition) is 3. The van der Waals surface area contributed by atoms with Crippen LogP contribution in [0.25, 0.3) is 0 Å². The minimum Gasteiger partial charge on any atom is -0.478 e. The van der Waals surface area contributed by atoms with Gasteiger partial charge in [-0.25, -0.2) is 4.79 Å². The van der Waals surface area contributed by atoms with Crippen LogP contribution >= 0.6 is 0 Å². The fourth-order valence-electron chi connectivity index (χ4n) is 2.21. The van der Waals surface area contributed by atoms with Crippen LogP contribution in [0.15, 0.2) is 18.2 Å². The second-order valence-corrected chi connectivity index (χ2v) is 4.47. The Morgan fingerprint density at radius 1 is 1.41 bits per heavy atom. The zero-order chi connectivity index (χ0) is 12.3. The van der Waals surface area contributed by atoms with Crippen LogP contribution in [0.2, 0.25) is 0 Å². The van der Waals surface area contributed by atoms with E-state index in [0.717, 1.165) is 37.2 Å². The molecule has 1 heterocycles. The summed E-state index contributed by atoms with van der Waals surface area (Å²) in [6.07, 6.45) is 2.07.